The molecule has 2 saturated heterocycles. The Morgan fingerprint density at radius 2 is 1.57 bits per heavy atom. The molecule has 4 rings (SSSR count). The van der Waals surface area contributed by atoms with Crippen molar-refractivity contribution in [1.29, 1.82) is 0 Å². The number of amides is 2. The molecule has 0 bridgehead atoms. The topological polar surface area (TPSA) is 52.7 Å². The summed E-state index contributed by atoms with van der Waals surface area (Å²) < 4.78 is 0. The van der Waals surface area contributed by atoms with Crippen LogP contribution in [0.4, 0.5) is 0 Å². The number of likely N-dealkylation sites (tertiary alicyclic amines) is 2. The first-order valence-electron chi connectivity index (χ1n) is 12.0. The van der Waals surface area contributed by atoms with E-state index < -0.39 is 0 Å². The predicted molar refractivity (Wildman–Crippen MR) is 119 cm³/mol. The molecule has 3 aliphatic rings. The van der Waals surface area contributed by atoms with Crippen LogP contribution in [-0.4, -0.2) is 54.3 Å². The number of hydrogen-bond acceptors (Lipinski definition) is 3. The molecule has 2 aliphatic heterocycles. The minimum Gasteiger partial charge on any atom is -0.348 e. The third kappa shape index (κ3) is 5.63. The average Bonchev–Trinajstić information content (AvgIpc) is 3.60. The molecule has 0 spiro atoms. The Morgan fingerprint density at radius 3 is 2.17 bits per heavy atom. The highest BCUT2D eigenvalue weighted by atomic mass is 16.2. The maximum absolute atomic E-state index is 12.9. The van der Waals surface area contributed by atoms with Crippen LogP contribution >= 0.6 is 0 Å². The summed E-state index contributed by atoms with van der Waals surface area (Å²) in [5, 5.41) is 3.30. The smallest absolute Gasteiger partial charge is 0.234 e. The lowest BCUT2D eigenvalue weighted by Crippen LogP contribution is -2.46. The fourth-order valence-corrected chi connectivity index (χ4v) is 4.99. The van der Waals surface area contributed by atoms with Gasteiger partial charge < -0.3 is 10.2 Å². The zero-order valence-corrected chi connectivity index (χ0v) is 18.4. The minimum absolute atomic E-state index is 0.116. The quantitative estimate of drug-likeness (QED) is 0.777. The maximum Gasteiger partial charge on any atom is 0.234 e. The summed E-state index contributed by atoms with van der Waals surface area (Å²) in [5.74, 6) is 1.20. The first-order valence-corrected chi connectivity index (χ1v) is 12.0. The fourth-order valence-electron chi connectivity index (χ4n) is 4.99. The van der Waals surface area contributed by atoms with Crippen LogP contribution in [0.3, 0.4) is 0 Å². The number of hydrogen-bond donors (Lipinski definition) is 1. The van der Waals surface area contributed by atoms with Crippen molar-refractivity contribution in [2.24, 2.45) is 11.8 Å². The molecule has 1 aromatic carbocycles. The maximum atomic E-state index is 12.9. The lowest BCUT2D eigenvalue weighted by atomic mass is 9.95. The van der Waals surface area contributed by atoms with E-state index >= 15 is 0 Å². The number of rotatable bonds is 6. The molecular weight excluding hydrogens is 374 g/mol. The van der Waals surface area contributed by atoms with Gasteiger partial charge in [-0.25, -0.2) is 0 Å². The van der Waals surface area contributed by atoms with E-state index in [1.807, 2.05) is 0 Å². The lowest BCUT2D eigenvalue weighted by molar-refractivity contribution is -0.137. The summed E-state index contributed by atoms with van der Waals surface area (Å²) in [6, 6.07) is 8.70. The Balaban J connectivity index is 1.24. The van der Waals surface area contributed by atoms with E-state index in [1.165, 1.54) is 36.8 Å². The van der Waals surface area contributed by atoms with Crippen molar-refractivity contribution in [3.05, 3.63) is 35.4 Å². The van der Waals surface area contributed by atoms with Gasteiger partial charge in [-0.1, -0.05) is 42.7 Å². The Labute approximate surface area is 181 Å². The third-order valence-corrected chi connectivity index (χ3v) is 7.07. The number of carbonyl (C=O) groups excluding carboxylic acids is 2. The van der Waals surface area contributed by atoms with Gasteiger partial charge in [-0.2, -0.15) is 0 Å². The molecule has 1 saturated carbocycles. The second-order valence-corrected chi connectivity index (χ2v) is 9.58. The number of piperidine rings is 1. The van der Waals surface area contributed by atoms with Gasteiger partial charge in [-0.05, 0) is 70.0 Å². The molecule has 2 amide bonds. The average molecular weight is 412 g/mol. The SMILES string of the molecule is Cc1ccc(C(NC(=O)CN2CCC(C(=O)N3CCCCCC3)CC2)C2CC2)cc1. The van der Waals surface area contributed by atoms with Crippen LogP contribution in [0.1, 0.15) is 68.5 Å². The van der Waals surface area contributed by atoms with Crippen molar-refractivity contribution in [3.63, 3.8) is 0 Å². The molecule has 5 nitrogen and oxygen atoms in total. The molecule has 1 N–H and O–H groups in total. The first-order chi connectivity index (χ1) is 14.6. The summed E-state index contributed by atoms with van der Waals surface area (Å²) in [4.78, 5) is 30.0. The van der Waals surface area contributed by atoms with Crippen molar-refractivity contribution in [1.82, 2.24) is 15.1 Å². The normalized spacial score (nSPS) is 22.4. The monoisotopic (exact) mass is 411 g/mol. The highest BCUT2D eigenvalue weighted by molar-refractivity contribution is 5.80. The second-order valence-electron chi connectivity index (χ2n) is 9.58. The van der Waals surface area contributed by atoms with E-state index in [-0.39, 0.29) is 17.9 Å². The molecule has 0 aromatic heterocycles. The molecule has 3 fully saturated rings. The molecule has 1 aliphatic carbocycles. The minimum atomic E-state index is 0.116. The Kier molecular flexibility index (Phi) is 7.08. The zero-order chi connectivity index (χ0) is 20.9. The Morgan fingerprint density at radius 1 is 0.933 bits per heavy atom. The van der Waals surface area contributed by atoms with Crippen molar-refractivity contribution in [2.75, 3.05) is 32.7 Å². The van der Waals surface area contributed by atoms with E-state index in [1.54, 1.807) is 0 Å². The van der Waals surface area contributed by atoms with Gasteiger partial charge in [0.05, 0.1) is 12.6 Å². The number of nitrogens with zero attached hydrogens (tertiary/aromatic N) is 2. The van der Waals surface area contributed by atoms with Crippen LogP contribution in [0.2, 0.25) is 0 Å². The summed E-state index contributed by atoms with van der Waals surface area (Å²) in [5.41, 5.74) is 2.47. The van der Waals surface area contributed by atoms with E-state index in [2.05, 4.69) is 46.3 Å². The molecule has 1 unspecified atom stereocenters. The molecular formula is C25H37N3O2. The van der Waals surface area contributed by atoms with Gasteiger partial charge in [0.1, 0.15) is 0 Å². The van der Waals surface area contributed by atoms with Crippen LogP contribution in [0.5, 0.6) is 0 Å². The number of aryl methyl sites for hydroxylation is 1. The van der Waals surface area contributed by atoms with Crippen LogP contribution in [0.15, 0.2) is 24.3 Å². The molecule has 1 aromatic rings. The molecule has 2 heterocycles. The summed E-state index contributed by atoms with van der Waals surface area (Å²) >= 11 is 0. The number of nitrogens with one attached hydrogen (secondary N) is 1. The Bertz CT molecular complexity index is 712. The van der Waals surface area contributed by atoms with Gasteiger partial charge in [-0.3, -0.25) is 14.5 Å². The molecule has 30 heavy (non-hydrogen) atoms. The van der Waals surface area contributed by atoms with Crippen molar-refractivity contribution in [3.8, 4) is 0 Å². The van der Waals surface area contributed by atoms with Crippen molar-refractivity contribution >= 4 is 11.8 Å². The van der Waals surface area contributed by atoms with Crippen LogP contribution < -0.4 is 5.32 Å². The largest absolute Gasteiger partial charge is 0.348 e. The summed E-state index contributed by atoms with van der Waals surface area (Å²) in [6.07, 6.45) is 8.95. The summed E-state index contributed by atoms with van der Waals surface area (Å²) in [7, 11) is 0. The lowest BCUT2D eigenvalue weighted by Gasteiger charge is -2.34. The van der Waals surface area contributed by atoms with Gasteiger partial charge in [0.25, 0.3) is 0 Å². The van der Waals surface area contributed by atoms with Gasteiger partial charge in [-0.15, -0.1) is 0 Å². The molecule has 164 valence electrons. The van der Waals surface area contributed by atoms with Crippen molar-refractivity contribution < 1.29 is 9.59 Å². The van der Waals surface area contributed by atoms with E-state index in [9.17, 15) is 9.59 Å². The third-order valence-electron chi connectivity index (χ3n) is 7.07. The standard InChI is InChI=1S/C25H37N3O2/c1-19-6-8-20(9-7-19)24(21-10-11-21)26-23(29)18-27-16-12-22(13-17-27)25(30)28-14-4-2-3-5-15-28/h6-9,21-22,24H,2-5,10-18H2,1H3,(H,26,29). The number of benzene rings is 1. The van der Waals surface area contributed by atoms with Gasteiger partial charge in [0, 0.05) is 19.0 Å². The molecule has 0 radical (unpaired) electrons. The predicted octanol–water partition coefficient (Wildman–Crippen LogP) is 3.68. The van der Waals surface area contributed by atoms with Gasteiger partial charge in [0.2, 0.25) is 11.8 Å². The van der Waals surface area contributed by atoms with E-state index in [0.29, 0.717) is 18.4 Å². The summed E-state index contributed by atoms with van der Waals surface area (Å²) in [6.45, 7) is 6.09. The highest BCUT2D eigenvalue weighted by Gasteiger charge is 2.34. The molecule has 1 atom stereocenters. The zero-order valence-electron chi connectivity index (χ0n) is 18.4. The van der Waals surface area contributed by atoms with Gasteiger partial charge in [0.15, 0.2) is 0 Å². The van der Waals surface area contributed by atoms with Crippen LogP contribution in [0.25, 0.3) is 0 Å². The fraction of sp³-hybridized carbons (Fsp3) is 0.680. The Hall–Kier alpha value is -1.88. The van der Waals surface area contributed by atoms with E-state index in [0.717, 1.165) is 51.9 Å². The van der Waals surface area contributed by atoms with Crippen LogP contribution in [0, 0.1) is 18.8 Å². The van der Waals surface area contributed by atoms with Gasteiger partial charge >= 0.3 is 0 Å². The number of carbonyl (C=O) groups is 2. The second kappa shape index (κ2) is 9.95. The molecule has 5 heteroatoms. The highest BCUT2D eigenvalue weighted by Crippen LogP contribution is 2.41. The van der Waals surface area contributed by atoms with Crippen molar-refractivity contribution in [2.45, 2.75) is 64.3 Å². The first kappa shape index (κ1) is 21.4. The van der Waals surface area contributed by atoms with E-state index in [4.69, 9.17) is 0 Å². The van der Waals surface area contributed by atoms with Crippen LogP contribution in [-0.2, 0) is 9.59 Å².